The molecule has 1 aromatic carbocycles. The van der Waals surface area contributed by atoms with Gasteiger partial charge in [-0.05, 0) is 65.3 Å². The quantitative estimate of drug-likeness (QED) is 0.929. The van der Waals surface area contributed by atoms with Crippen LogP contribution in [0.2, 0.25) is 0 Å². The number of aryl methyl sites for hydroxylation is 2. The number of sulfonamides is 1. The van der Waals surface area contributed by atoms with Crippen LogP contribution < -0.4 is 4.72 Å². The average Bonchev–Trinajstić information content (AvgIpc) is 2.38. The van der Waals surface area contributed by atoms with Gasteiger partial charge in [-0.15, -0.1) is 0 Å². The van der Waals surface area contributed by atoms with Crippen LogP contribution in [-0.4, -0.2) is 38.5 Å². The van der Waals surface area contributed by atoms with E-state index in [9.17, 15) is 8.42 Å². The molecule has 1 N–H and O–H groups in total. The van der Waals surface area contributed by atoms with E-state index in [-0.39, 0.29) is 6.04 Å². The fourth-order valence-corrected chi connectivity index (χ4v) is 4.45. The maximum atomic E-state index is 12.5. The van der Waals surface area contributed by atoms with Crippen LogP contribution in [0.25, 0.3) is 0 Å². The largest absolute Gasteiger partial charge is 0.301 e. The van der Waals surface area contributed by atoms with Gasteiger partial charge in [-0.2, -0.15) is 0 Å². The second kappa shape index (κ2) is 6.46. The van der Waals surface area contributed by atoms with E-state index >= 15 is 0 Å². The minimum atomic E-state index is -3.41. The molecule has 0 unspecified atom stereocenters. The van der Waals surface area contributed by atoms with Crippen molar-refractivity contribution in [3.05, 3.63) is 29.3 Å². The van der Waals surface area contributed by atoms with Crippen molar-refractivity contribution in [2.24, 2.45) is 0 Å². The molecule has 2 rings (SSSR count). The lowest BCUT2D eigenvalue weighted by Gasteiger charge is -2.34. The Bertz CT molecular complexity index is 588. The van der Waals surface area contributed by atoms with Crippen LogP contribution in [0, 0.1) is 13.8 Å². The predicted molar refractivity (Wildman–Crippen MR) is 86.0 cm³/mol. The standard InChI is InChI=1S/C16H26N2O2S/c1-12(2)18-9-7-15(8-10-18)17-21(19,20)16-6-5-13(3)11-14(16)4/h5-6,11-12,15,17H,7-10H2,1-4H3. The average molecular weight is 310 g/mol. The molecule has 0 saturated carbocycles. The van der Waals surface area contributed by atoms with Crippen molar-refractivity contribution in [2.45, 2.75) is 57.5 Å². The van der Waals surface area contributed by atoms with Crippen molar-refractivity contribution in [3.63, 3.8) is 0 Å². The Labute approximate surface area is 128 Å². The Morgan fingerprint density at radius 1 is 1.19 bits per heavy atom. The van der Waals surface area contributed by atoms with Crippen molar-refractivity contribution >= 4 is 10.0 Å². The third-order valence-electron chi connectivity index (χ3n) is 4.20. The fourth-order valence-electron chi connectivity index (χ4n) is 2.92. The van der Waals surface area contributed by atoms with Crippen molar-refractivity contribution in [3.8, 4) is 0 Å². The van der Waals surface area contributed by atoms with Gasteiger partial charge in [0.1, 0.15) is 0 Å². The molecule has 5 heteroatoms. The van der Waals surface area contributed by atoms with Crippen LogP contribution in [-0.2, 0) is 10.0 Å². The van der Waals surface area contributed by atoms with Crippen molar-refractivity contribution in [1.29, 1.82) is 0 Å². The van der Waals surface area contributed by atoms with E-state index in [1.807, 2.05) is 26.0 Å². The van der Waals surface area contributed by atoms with Gasteiger partial charge in [-0.3, -0.25) is 0 Å². The zero-order valence-corrected chi connectivity index (χ0v) is 14.2. The topological polar surface area (TPSA) is 49.4 Å². The summed E-state index contributed by atoms with van der Waals surface area (Å²) in [6, 6.07) is 6.04. The van der Waals surface area contributed by atoms with E-state index in [2.05, 4.69) is 23.5 Å². The number of hydrogen-bond acceptors (Lipinski definition) is 3. The number of nitrogens with zero attached hydrogens (tertiary/aromatic N) is 1. The van der Waals surface area contributed by atoms with E-state index in [0.29, 0.717) is 10.9 Å². The summed E-state index contributed by atoms with van der Waals surface area (Å²) in [7, 11) is -3.41. The molecule has 0 atom stereocenters. The molecule has 0 aliphatic carbocycles. The summed E-state index contributed by atoms with van der Waals surface area (Å²) in [5.41, 5.74) is 1.89. The third-order valence-corrected chi connectivity index (χ3v) is 5.88. The maximum Gasteiger partial charge on any atom is 0.241 e. The van der Waals surface area contributed by atoms with Crippen LogP contribution in [0.5, 0.6) is 0 Å². The van der Waals surface area contributed by atoms with Crippen LogP contribution in [0.15, 0.2) is 23.1 Å². The Balaban J connectivity index is 2.05. The summed E-state index contributed by atoms with van der Waals surface area (Å²) in [5.74, 6) is 0. The monoisotopic (exact) mass is 310 g/mol. The number of benzene rings is 1. The van der Waals surface area contributed by atoms with Gasteiger partial charge >= 0.3 is 0 Å². The SMILES string of the molecule is Cc1ccc(S(=O)(=O)NC2CCN(C(C)C)CC2)c(C)c1. The summed E-state index contributed by atoms with van der Waals surface area (Å²) in [5, 5.41) is 0. The van der Waals surface area contributed by atoms with Gasteiger partial charge in [0.05, 0.1) is 4.90 Å². The van der Waals surface area contributed by atoms with Gasteiger partial charge in [0.25, 0.3) is 0 Å². The molecular formula is C16H26N2O2S. The van der Waals surface area contributed by atoms with E-state index < -0.39 is 10.0 Å². The number of likely N-dealkylation sites (tertiary alicyclic amines) is 1. The Morgan fingerprint density at radius 2 is 1.81 bits per heavy atom. The van der Waals surface area contributed by atoms with Gasteiger partial charge in [-0.25, -0.2) is 13.1 Å². The van der Waals surface area contributed by atoms with Gasteiger partial charge in [0.15, 0.2) is 0 Å². The molecule has 0 bridgehead atoms. The zero-order chi connectivity index (χ0) is 15.6. The van der Waals surface area contributed by atoms with E-state index in [0.717, 1.165) is 37.1 Å². The number of nitrogens with one attached hydrogen (secondary N) is 1. The molecule has 0 amide bonds. The highest BCUT2D eigenvalue weighted by Crippen LogP contribution is 2.19. The Hall–Kier alpha value is -0.910. The molecule has 1 aliphatic rings. The van der Waals surface area contributed by atoms with E-state index in [1.54, 1.807) is 6.07 Å². The van der Waals surface area contributed by atoms with Crippen molar-refractivity contribution in [2.75, 3.05) is 13.1 Å². The fraction of sp³-hybridized carbons (Fsp3) is 0.625. The second-order valence-electron chi connectivity index (χ2n) is 6.29. The van der Waals surface area contributed by atoms with E-state index in [1.165, 1.54) is 0 Å². The first-order valence-corrected chi connectivity index (χ1v) is 9.11. The minimum Gasteiger partial charge on any atom is -0.301 e. The first kappa shape index (κ1) is 16.5. The maximum absolute atomic E-state index is 12.5. The molecule has 1 saturated heterocycles. The first-order chi connectivity index (χ1) is 9.79. The molecule has 4 nitrogen and oxygen atoms in total. The third kappa shape index (κ3) is 4.05. The number of hydrogen-bond donors (Lipinski definition) is 1. The van der Waals surface area contributed by atoms with Gasteiger partial charge in [0, 0.05) is 12.1 Å². The molecule has 1 aromatic rings. The first-order valence-electron chi connectivity index (χ1n) is 7.63. The number of piperidine rings is 1. The Morgan fingerprint density at radius 3 is 2.33 bits per heavy atom. The summed E-state index contributed by atoms with van der Waals surface area (Å²) >= 11 is 0. The summed E-state index contributed by atoms with van der Waals surface area (Å²) < 4.78 is 27.9. The Kier molecular flexibility index (Phi) is 5.07. The molecule has 0 spiro atoms. The lowest BCUT2D eigenvalue weighted by atomic mass is 10.1. The highest BCUT2D eigenvalue weighted by molar-refractivity contribution is 7.89. The van der Waals surface area contributed by atoms with Crippen molar-refractivity contribution < 1.29 is 8.42 Å². The summed E-state index contributed by atoms with van der Waals surface area (Å²) in [6.45, 7) is 10.1. The predicted octanol–water partition coefficient (Wildman–Crippen LogP) is 2.45. The molecule has 0 aromatic heterocycles. The van der Waals surface area contributed by atoms with E-state index in [4.69, 9.17) is 0 Å². The summed E-state index contributed by atoms with van der Waals surface area (Å²) in [4.78, 5) is 2.79. The summed E-state index contributed by atoms with van der Waals surface area (Å²) in [6.07, 6.45) is 1.75. The van der Waals surface area contributed by atoms with Gasteiger partial charge in [0.2, 0.25) is 10.0 Å². The molecule has 1 heterocycles. The smallest absolute Gasteiger partial charge is 0.241 e. The molecule has 0 radical (unpaired) electrons. The van der Waals surface area contributed by atoms with Crippen molar-refractivity contribution in [1.82, 2.24) is 9.62 Å². The van der Waals surface area contributed by atoms with Gasteiger partial charge < -0.3 is 4.90 Å². The lowest BCUT2D eigenvalue weighted by Crippen LogP contribution is -2.46. The molecule has 1 aliphatic heterocycles. The number of rotatable bonds is 4. The highest BCUT2D eigenvalue weighted by Gasteiger charge is 2.26. The molecule has 118 valence electrons. The highest BCUT2D eigenvalue weighted by atomic mass is 32.2. The second-order valence-corrected chi connectivity index (χ2v) is 7.98. The van der Waals surface area contributed by atoms with Crippen LogP contribution in [0.3, 0.4) is 0 Å². The van der Waals surface area contributed by atoms with Gasteiger partial charge in [-0.1, -0.05) is 17.7 Å². The van der Waals surface area contributed by atoms with Crippen LogP contribution >= 0.6 is 0 Å². The molecule has 21 heavy (non-hydrogen) atoms. The molecule has 1 fully saturated rings. The van der Waals surface area contributed by atoms with Crippen LogP contribution in [0.4, 0.5) is 0 Å². The molecular weight excluding hydrogens is 284 g/mol. The lowest BCUT2D eigenvalue weighted by molar-refractivity contribution is 0.168. The normalized spacial score (nSPS) is 18.3. The zero-order valence-electron chi connectivity index (χ0n) is 13.4. The minimum absolute atomic E-state index is 0.0469. The van der Waals surface area contributed by atoms with Crippen LogP contribution in [0.1, 0.15) is 37.8 Å².